The molecule has 5 heteroatoms. The van der Waals surface area contributed by atoms with Gasteiger partial charge in [-0.2, -0.15) is 0 Å². The van der Waals surface area contributed by atoms with E-state index in [1.54, 1.807) is 12.4 Å². The van der Waals surface area contributed by atoms with Gasteiger partial charge in [0, 0.05) is 35.5 Å². The third kappa shape index (κ3) is 2.79. The zero-order valence-corrected chi connectivity index (χ0v) is 15.2. The molecule has 2 saturated heterocycles. The summed E-state index contributed by atoms with van der Waals surface area (Å²) in [5.41, 5.74) is 3.01. The van der Waals surface area contributed by atoms with Crippen molar-refractivity contribution in [2.75, 3.05) is 6.61 Å². The Morgan fingerprint density at radius 1 is 1.15 bits per heavy atom. The van der Waals surface area contributed by atoms with Gasteiger partial charge in [0.05, 0.1) is 22.4 Å². The smallest absolute Gasteiger partial charge is 0.252 e. The molecular weight excluding hydrogens is 338 g/mol. The van der Waals surface area contributed by atoms with E-state index in [0.717, 1.165) is 41.4 Å². The molecule has 2 bridgehead atoms. The topological polar surface area (TPSA) is 64.1 Å². The first-order valence-electron chi connectivity index (χ1n) is 9.33. The van der Waals surface area contributed by atoms with Crippen molar-refractivity contribution in [3.05, 3.63) is 60.4 Å². The molecule has 3 aliphatic rings. The molecule has 1 N–H and O–H groups in total. The van der Waals surface area contributed by atoms with Crippen molar-refractivity contribution in [2.24, 2.45) is 0 Å². The Balaban J connectivity index is 1.55. The molecule has 1 aliphatic carbocycles. The minimum atomic E-state index is -0.134. The van der Waals surface area contributed by atoms with Crippen LogP contribution in [0.1, 0.15) is 36.5 Å². The number of nitrogens with one attached hydrogen (secondary N) is 1. The highest BCUT2D eigenvalue weighted by Gasteiger charge is 2.56. The third-order valence-electron chi connectivity index (χ3n) is 5.77. The lowest BCUT2D eigenvalue weighted by molar-refractivity contribution is -0.183. The number of nitrogens with zero attached hydrogens (tertiary/aromatic N) is 2. The summed E-state index contributed by atoms with van der Waals surface area (Å²) < 4.78 is 5.82. The van der Waals surface area contributed by atoms with Gasteiger partial charge in [-0.15, -0.1) is 0 Å². The van der Waals surface area contributed by atoms with E-state index >= 15 is 0 Å². The first kappa shape index (κ1) is 16.4. The maximum Gasteiger partial charge on any atom is 0.252 e. The molecular formula is C22H21N3O2. The van der Waals surface area contributed by atoms with Gasteiger partial charge in [0.15, 0.2) is 0 Å². The highest BCUT2D eigenvalue weighted by atomic mass is 16.5. The standard InChI is InChI=1S/C22H21N3O2/c1-21-13-22(14-21,8-11-27-21)25-20(26)17-12-19(15-6-9-23-10-7-15)24-18-5-3-2-4-16(17)18/h2-7,9-10,12H,8,11,13-14H2,1H3,(H,25,26). The molecule has 6 rings (SSSR count). The van der Waals surface area contributed by atoms with Crippen LogP contribution in [-0.4, -0.2) is 33.6 Å². The quantitative estimate of drug-likeness (QED) is 0.774. The summed E-state index contributed by atoms with van der Waals surface area (Å²) in [6, 6.07) is 13.5. The molecule has 1 saturated carbocycles. The molecule has 1 aromatic carbocycles. The Morgan fingerprint density at radius 2 is 1.93 bits per heavy atom. The third-order valence-corrected chi connectivity index (χ3v) is 5.77. The second-order valence-electron chi connectivity index (χ2n) is 7.94. The summed E-state index contributed by atoms with van der Waals surface area (Å²) >= 11 is 0. The largest absolute Gasteiger partial charge is 0.375 e. The van der Waals surface area contributed by atoms with Crippen LogP contribution in [0.4, 0.5) is 0 Å². The van der Waals surface area contributed by atoms with Crippen molar-refractivity contribution in [2.45, 2.75) is 37.3 Å². The van der Waals surface area contributed by atoms with E-state index in [0.29, 0.717) is 12.2 Å². The van der Waals surface area contributed by atoms with Crippen molar-refractivity contribution in [3.8, 4) is 11.3 Å². The SMILES string of the molecule is CC12CC(NC(=O)c3cc(-c4ccncc4)nc4ccccc34)(CCO1)C2. The predicted molar refractivity (Wildman–Crippen MR) is 103 cm³/mol. The number of fused-ring (bicyclic) bond motifs is 3. The van der Waals surface area contributed by atoms with Crippen LogP contribution in [0.15, 0.2) is 54.9 Å². The van der Waals surface area contributed by atoms with E-state index in [1.165, 1.54) is 0 Å². The molecule has 3 fully saturated rings. The summed E-state index contributed by atoms with van der Waals surface area (Å²) in [7, 11) is 0. The number of para-hydroxylation sites is 1. The number of carbonyl (C=O) groups excluding carboxylic acids is 1. The summed E-state index contributed by atoms with van der Waals surface area (Å²) in [4.78, 5) is 22.1. The minimum absolute atomic E-state index is 0.0344. The minimum Gasteiger partial charge on any atom is -0.375 e. The zero-order chi connectivity index (χ0) is 18.5. The monoisotopic (exact) mass is 359 g/mol. The van der Waals surface area contributed by atoms with Gasteiger partial charge in [0.1, 0.15) is 0 Å². The lowest BCUT2D eigenvalue weighted by Crippen LogP contribution is -2.68. The number of carbonyl (C=O) groups is 1. The van der Waals surface area contributed by atoms with E-state index in [1.807, 2.05) is 42.5 Å². The molecule has 136 valence electrons. The highest BCUT2D eigenvalue weighted by molar-refractivity contribution is 6.07. The molecule has 0 unspecified atom stereocenters. The summed E-state index contributed by atoms with van der Waals surface area (Å²) in [6.45, 7) is 2.83. The molecule has 1 amide bonds. The average molecular weight is 359 g/mol. The van der Waals surface area contributed by atoms with Crippen LogP contribution < -0.4 is 5.32 Å². The van der Waals surface area contributed by atoms with Gasteiger partial charge in [0.25, 0.3) is 5.91 Å². The molecule has 4 heterocycles. The van der Waals surface area contributed by atoms with Crippen LogP contribution >= 0.6 is 0 Å². The highest BCUT2D eigenvalue weighted by Crippen LogP contribution is 2.50. The fourth-order valence-electron chi connectivity index (χ4n) is 4.64. The van der Waals surface area contributed by atoms with Gasteiger partial charge in [-0.25, -0.2) is 4.98 Å². The van der Waals surface area contributed by atoms with E-state index in [-0.39, 0.29) is 17.0 Å². The van der Waals surface area contributed by atoms with Crippen LogP contribution in [0.5, 0.6) is 0 Å². The van der Waals surface area contributed by atoms with Crippen molar-refractivity contribution in [3.63, 3.8) is 0 Å². The number of hydrogen-bond acceptors (Lipinski definition) is 4. The number of ether oxygens (including phenoxy) is 1. The first-order valence-corrected chi connectivity index (χ1v) is 9.33. The Bertz CT molecular complexity index is 1030. The number of amides is 1. The van der Waals surface area contributed by atoms with E-state index < -0.39 is 0 Å². The molecule has 27 heavy (non-hydrogen) atoms. The maximum absolute atomic E-state index is 13.3. The van der Waals surface area contributed by atoms with Crippen LogP contribution in [0, 0.1) is 0 Å². The fraction of sp³-hybridized carbons (Fsp3) is 0.318. The maximum atomic E-state index is 13.3. The number of pyridine rings is 2. The second kappa shape index (κ2) is 5.86. The zero-order valence-electron chi connectivity index (χ0n) is 15.2. The molecule has 2 aliphatic heterocycles. The molecule has 3 aromatic rings. The number of benzene rings is 1. The van der Waals surface area contributed by atoms with Gasteiger partial charge >= 0.3 is 0 Å². The summed E-state index contributed by atoms with van der Waals surface area (Å²) in [6.07, 6.45) is 6.11. The van der Waals surface area contributed by atoms with E-state index in [9.17, 15) is 4.79 Å². The number of rotatable bonds is 3. The van der Waals surface area contributed by atoms with Gasteiger partial charge in [-0.3, -0.25) is 9.78 Å². The lowest BCUT2D eigenvalue weighted by Gasteiger charge is -2.58. The van der Waals surface area contributed by atoms with E-state index in [2.05, 4.69) is 17.2 Å². The van der Waals surface area contributed by atoms with Gasteiger partial charge < -0.3 is 10.1 Å². The second-order valence-corrected chi connectivity index (χ2v) is 7.94. The number of hydrogen-bond donors (Lipinski definition) is 1. The number of aromatic nitrogens is 2. The Hall–Kier alpha value is -2.79. The van der Waals surface area contributed by atoms with Crippen molar-refractivity contribution in [1.29, 1.82) is 0 Å². The van der Waals surface area contributed by atoms with Gasteiger partial charge in [0.2, 0.25) is 0 Å². The van der Waals surface area contributed by atoms with Crippen molar-refractivity contribution < 1.29 is 9.53 Å². The van der Waals surface area contributed by atoms with Crippen LogP contribution in [0.2, 0.25) is 0 Å². The Morgan fingerprint density at radius 3 is 2.70 bits per heavy atom. The van der Waals surface area contributed by atoms with Crippen LogP contribution in [-0.2, 0) is 4.74 Å². The Labute approximate surface area is 157 Å². The molecule has 5 nitrogen and oxygen atoms in total. The normalized spacial score (nSPS) is 26.4. The van der Waals surface area contributed by atoms with Gasteiger partial charge in [-0.1, -0.05) is 18.2 Å². The van der Waals surface area contributed by atoms with Gasteiger partial charge in [-0.05, 0) is 50.5 Å². The van der Waals surface area contributed by atoms with Crippen molar-refractivity contribution >= 4 is 16.8 Å². The van der Waals surface area contributed by atoms with Crippen LogP contribution in [0.25, 0.3) is 22.2 Å². The molecule has 0 atom stereocenters. The summed E-state index contributed by atoms with van der Waals surface area (Å²) in [5.74, 6) is -0.0344. The first-order chi connectivity index (χ1) is 13.1. The van der Waals surface area contributed by atoms with E-state index in [4.69, 9.17) is 9.72 Å². The van der Waals surface area contributed by atoms with Crippen molar-refractivity contribution in [1.82, 2.24) is 15.3 Å². The molecule has 2 aromatic heterocycles. The predicted octanol–water partition coefficient (Wildman–Crippen LogP) is 3.74. The average Bonchev–Trinajstić information content (AvgIpc) is 2.67. The summed E-state index contributed by atoms with van der Waals surface area (Å²) in [5, 5.41) is 4.19. The fourth-order valence-corrected chi connectivity index (χ4v) is 4.64. The molecule has 0 radical (unpaired) electrons. The lowest BCUT2D eigenvalue weighted by atomic mass is 9.62. The molecule has 0 spiro atoms. The van der Waals surface area contributed by atoms with Crippen LogP contribution in [0.3, 0.4) is 0 Å². The Kier molecular flexibility index (Phi) is 3.56.